The lowest BCUT2D eigenvalue weighted by molar-refractivity contribution is -0.146. The second-order valence-corrected chi connectivity index (χ2v) is 13.2. The van der Waals surface area contributed by atoms with E-state index in [4.69, 9.17) is 19.6 Å². The fourth-order valence-corrected chi connectivity index (χ4v) is 8.14. The Balaban J connectivity index is 1.52. The van der Waals surface area contributed by atoms with Gasteiger partial charge in [-0.2, -0.15) is 0 Å². The zero-order valence-corrected chi connectivity index (χ0v) is 25.4. The Morgan fingerprint density at radius 1 is 1.21 bits per heavy atom. The lowest BCUT2D eigenvalue weighted by Crippen LogP contribution is -2.52. The van der Waals surface area contributed by atoms with Crippen molar-refractivity contribution in [2.24, 2.45) is 17.6 Å². The average molecular weight is 609 g/mol. The van der Waals surface area contributed by atoms with E-state index in [-0.39, 0.29) is 24.1 Å². The number of hydrogen-bond acceptors (Lipinski definition) is 9. The number of carbonyl (C=O) groups is 1. The van der Waals surface area contributed by atoms with E-state index >= 15 is 0 Å². The number of fused-ring (bicyclic) bond motifs is 2. The Labute approximate surface area is 251 Å². The molecule has 6 rings (SSSR count). The summed E-state index contributed by atoms with van der Waals surface area (Å²) >= 11 is 1.21. The molecular weight excluding hydrogens is 572 g/mol. The molecule has 3 heterocycles. The number of thiophene rings is 1. The van der Waals surface area contributed by atoms with E-state index in [0.29, 0.717) is 38.7 Å². The molecule has 4 aromatic rings. The number of rotatable bonds is 9. The van der Waals surface area contributed by atoms with Gasteiger partial charge < -0.3 is 24.7 Å². The van der Waals surface area contributed by atoms with E-state index < -0.39 is 28.9 Å². The van der Waals surface area contributed by atoms with Gasteiger partial charge in [0.05, 0.1) is 36.2 Å². The van der Waals surface area contributed by atoms with Crippen LogP contribution in [-0.2, 0) is 21.6 Å². The molecule has 3 aromatic heterocycles. The number of benzene rings is 1. The predicted molar refractivity (Wildman–Crippen MR) is 162 cm³/mol. The minimum absolute atomic E-state index is 0.0298. The van der Waals surface area contributed by atoms with Crippen LogP contribution in [0.5, 0.6) is 5.75 Å². The van der Waals surface area contributed by atoms with Crippen molar-refractivity contribution in [3.8, 4) is 16.5 Å². The molecule has 3 atom stereocenters. The summed E-state index contributed by atoms with van der Waals surface area (Å²) in [5, 5.41) is 10.3. The van der Waals surface area contributed by atoms with E-state index in [1.165, 1.54) is 42.2 Å². The zero-order valence-electron chi connectivity index (χ0n) is 24.6. The van der Waals surface area contributed by atoms with Crippen molar-refractivity contribution >= 4 is 27.5 Å². The number of nitrogens with two attached hydrogens (primary N) is 1. The first-order valence-corrected chi connectivity index (χ1v) is 15.3. The van der Waals surface area contributed by atoms with Gasteiger partial charge in [-0.1, -0.05) is 18.2 Å². The maximum Gasteiger partial charge on any atom is 0.333 e. The number of aliphatic carboxylic acids is 1. The largest absolute Gasteiger partial charge is 0.496 e. The highest BCUT2D eigenvalue weighted by Crippen LogP contribution is 2.46. The van der Waals surface area contributed by atoms with Crippen LogP contribution < -0.4 is 21.7 Å². The molecule has 11 nitrogen and oxygen atoms in total. The van der Waals surface area contributed by atoms with Gasteiger partial charge in [0.15, 0.2) is 0 Å². The molecule has 0 radical (unpaired) electrons. The summed E-state index contributed by atoms with van der Waals surface area (Å²) < 4.78 is 20.4. The van der Waals surface area contributed by atoms with Crippen LogP contribution in [0.25, 0.3) is 21.0 Å². The van der Waals surface area contributed by atoms with Crippen LogP contribution in [0.4, 0.5) is 0 Å². The van der Waals surface area contributed by atoms with Crippen molar-refractivity contribution in [2.45, 2.75) is 76.8 Å². The molecule has 43 heavy (non-hydrogen) atoms. The summed E-state index contributed by atoms with van der Waals surface area (Å²) in [6, 6.07) is 7.74. The standard InChI is InChI=1S/C31H36N4O7S/c1-16-24-27(36)35(31(2,3)29(37)38)30(39)34(28(24)43-25(16)26-33-9-10-41-26)15-23(21-7-5-6-8-22(21)40-4)42-20-13-17-11-19(32)12-18(17)14-20/h5-10,17-20,23H,11-15,32H2,1-4H3,(H,37,38). The number of oxazole rings is 1. The molecule has 0 aliphatic heterocycles. The highest BCUT2D eigenvalue weighted by molar-refractivity contribution is 7.22. The first-order chi connectivity index (χ1) is 20.5. The van der Waals surface area contributed by atoms with Gasteiger partial charge in [0.1, 0.15) is 28.5 Å². The summed E-state index contributed by atoms with van der Waals surface area (Å²) in [5.41, 5.74) is 4.32. The van der Waals surface area contributed by atoms with Crippen LogP contribution >= 0.6 is 11.3 Å². The molecule has 2 fully saturated rings. The molecule has 0 amide bonds. The predicted octanol–water partition coefficient (Wildman–Crippen LogP) is 4.29. The Kier molecular flexibility index (Phi) is 7.55. The van der Waals surface area contributed by atoms with Gasteiger partial charge in [-0.15, -0.1) is 11.3 Å². The summed E-state index contributed by atoms with van der Waals surface area (Å²) in [7, 11) is 1.59. The Morgan fingerprint density at radius 3 is 2.53 bits per heavy atom. The van der Waals surface area contributed by atoms with Gasteiger partial charge >= 0.3 is 11.7 Å². The van der Waals surface area contributed by atoms with Crippen LogP contribution in [0.1, 0.15) is 56.8 Å². The minimum Gasteiger partial charge on any atom is -0.496 e. The second-order valence-electron chi connectivity index (χ2n) is 12.2. The maximum absolute atomic E-state index is 14.2. The first-order valence-electron chi connectivity index (χ1n) is 14.5. The fourth-order valence-electron chi connectivity index (χ4n) is 6.90. The number of carboxylic acid groups (broad SMARTS) is 1. The topological polar surface area (TPSA) is 152 Å². The molecule has 12 heteroatoms. The van der Waals surface area contributed by atoms with Crippen LogP contribution in [-0.4, -0.2) is 44.4 Å². The monoisotopic (exact) mass is 608 g/mol. The van der Waals surface area contributed by atoms with Gasteiger partial charge in [0.25, 0.3) is 5.56 Å². The van der Waals surface area contributed by atoms with Crippen LogP contribution in [0, 0.1) is 18.8 Å². The van der Waals surface area contributed by atoms with E-state index in [1.54, 1.807) is 14.0 Å². The number of ether oxygens (including phenoxy) is 2. The van der Waals surface area contributed by atoms with Crippen molar-refractivity contribution in [3.63, 3.8) is 0 Å². The number of aromatic nitrogens is 3. The molecule has 3 unspecified atom stereocenters. The molecule has 2 aliphatic rings. The third kappa shape index (κ3) is 5.00. The van der Waals surface area contributed by atoms with Gasteiger partial charge in [-0.25, -0.2) is 19.1 Å². The quantitative estimate of drug-likeness (QED) is 0.283. The Morgan fingerprint density at radius 2 is 1.91 bits per heavy atom. The number of aryl methyl sites for hydroxylation is 1. The summed E-state index contributed by atoms with van der Waals surface area (Å²) in [6.45, 7) is 4.48. The van der Waals surface area contributed by atoms with E-state index in [2.05, 4.69) is 4.98 Å². The van der Waals surface area contributed by atoms with E-state index in [0.717, 1.165) is 35.8 Å². The fraction of sp³-hybridized carbons (Fsp3) is 0.484. The van der Waals surface area contributed by atoms with Crippen molar-refractivity contribution in [3.05, 3.63) is 68.7 Å². The summed E-state index contributed by atoms with van der Waals surface area (Å²) in [4.78, 5) is 45.7. The van der Waals surface area contributed by atoms with E-state index in [1.807, 2.05) is 24.3 Å². The Hall–Kier alpha value is -3.74. The highest BCUT2D eigenvalue weighted by atomic mass is 32.1. The van der Waals surface area contributed by atoms with Crippen molar-refractivity contribution in [1.29, 1.82) is 0 Å². The summed E-state index contributed by atoms with van der Waals surface area (Å²) in [6.07, 6.45) is 6.01. The van der Waals surface area contributed by atoms with Crippen LogP contribution in [0.3, 0.4) is 0 Å². The molecule has 0 bridgehead atoms. The molecule has 228 valence electrons. The summed E-state index contributed by atoms with van der Waals surface area (Å²) in [5.74, 6) is 0.642. The molecule has 1 aromatic carbocycles. The lowest BCUT2D eigenvalue weighted by atomic mass is 10.0. The second kappa shape index (κ2) is 11.1. The van der Waals surface area contributed by atoms with Gasteiger partial charge in [-0.05, 0) is 69.9 Å². The van der Waals surface area contributed by atoms with Gasteiger partial charge in [0, 0.05) is 11.6 Å². The SMILES string of the molecule is COc1ccccc1C(Cn1c(=O)n(C(C)(C)C(=O)O)c(=O)c2c(C)c(-c3ncco3)sc21)OC1CC2CC(N)CC2C1. The molecule has 2 aliphatic carbocycles. The third-order valence-corrected chi connectivity index (χ3v) is 10.4. The highest BCUT2D eigenvalue weighted by Gasteiger charge is 2.42. The van der Waals surface area contributed by atoms with Crippen LogP contribution in [0.2, 0.25) is 0 Å². The molecule has 0 saturated heterocycles. The number of hydrogen-bond donors (Lipinski definition) is 2. The zero-order chi connectivity index (χ0) is 30.6. The Bertz CT molecular complexity index is 1770. The number of nitrogens with zero attached hydrogens (tertiary/aromatic N) is 3. The number of carboxylic acids is 1. The van der Waals surface area contributed by atoms with Gasteiger partial charge in [-0.3, -0.25) is 9.36 Å². The van der Waals surface area contributed by atoms with Crippen molar-refractivity contribution in [2.75, 3.05) is 7.11 Å². The normalized spacial score (nSPS) is 22.6. The van der Waals surface area contributed by atoms with Gasteiger partial charge in [0.2, 0.25) is 5.89 Å². The average Bonchev–Trinajstić information content (AvgIpc) is 3.74. The first kappa shape index (κ1) is 29.3. The smallest absolute Gasteiger partial charge is 0.333 e. The van der Waals surface area contributed by atoms with Crippen LogP contribution in [0.15, 0.2) is 50.7 Å². The van der Waals surface area contributed by atoms with Crippen molar-refractivity contribution in [1.82, 2.24) is 14.1 Å². The lowest BCUT2D eigenvalue weighted by Gasteiger charge is -2.27. The maximum atomic E-state index is 14.2. The number of para-hydroxylation sites is 1. The molecule has 0 spiro atoms. The molecule has 2 saturated carbocycles. The number of methoxy groups -OCH3 is 1. The third-order valence-electron chi connectivity index (χ3n) is 9.12. The van der Waals surface area contributed by atoms with E-state index in [9.17, 15) is 19.5 Å². The molecular formula is C31H36N4O7S. The minimum atomic E-state index is -1.82. The van der Waals surface area contributed by atoms with Crippen molar-refractivity contribution < 1.29 is 23.8 Å². The molecule has 3 N–H and O–H groups in total.